The number of hydrogen-bond donors (Lipinski definition) is 6. The van der Waals surface area contributed by atoms with Crippen molar-refractivity contribution < 1.29 is 66.7 Å². The number of carboxylic acids is 3. The first-order valence-corrected chi connectivity index (χ1v) is 8.19. The fourth-order valence-electron chi connectivity index (χ4n) is 1.96. The van der Waals surface area contributed by atoms with Gasteiger partial charge >= 0.3 is 17.9 Å². The summed E-state index contributed by atoms with van der Waals surface area (Å²) in [6.45, 7) is 0. The summed E-state index contributed by atoms with van der Waals surface area (Å²) in [5.74, 6) is -3.94. The van der Waals surface area contributed by atoms with Gasteiger partial charge in [0.15, 0.2) is 0 Å². The summed E-state index contributed by atoms with van der Waals surface area (Å²) in [5, 5.41) is 51.9. The third-order valence-electron chi connectivity index (χ3n) is 3.40. The topological polar surface area (TPSA) is 173 Å². The molecule has 0 radical (unpaired) electrons. The van der Waals surface area contributed by atoms with Gasteiger partial charge in [-0.2, -0.15) is 0 Å². The van der Waals surface area contributed by atoms with E-state index in [4.69, 9.17) is 30.6 Å². The first kappa shape index (κ1) is 27.2. The number of rotatable bonds is 3. The van der Waals surface area contributed by atoms with Crippen LogP contribution in [0, 0.1) is 0 Å². The Hall–Kier alpha value is -3.82. The molecular weight excluding hydrogens is 444 g/mol. The van der Waals surface area contributed by atoms with Gasteiger partial charge in [-0.15, -0.1) is 0 Å². The average Bonchev–Trinajstić information content (AvgIpc) is 2.69. The molecule has 0 saturated heterocycles. The largest absolute Gasteiger partial charge is 0.507 e. The summed E-state index contributed by atoms with van der Waals surface area (Å²) in [6, 6.07) is 17.4. The molecule has 0 spiro atoms. The van der Waals surface area contributed by atoms with E-state index >= 15 is 0 Å². The SMILES string of the molecule is O=C(O)c1ccccc1O.O=C(O)c1ccccc1O.O=C(O)c1ccccc1O.[Ti]. The van der Waals surface area contributed by atoms with Crippen LogP contribution >= 0.6 is 0 Å². The summed E-state index contributed by atoms with van der Waals surface area (Å²) >= 11 is 0. The van der Waals surface area contributed by atoms with Crippen LogP contribution in [0.2, 0.25) is 0 Å². The van der Waals surface area contributed by atoms with E-state index in [1.807, 2.05) is 0 Å². The number of hydrogen-bond acceptors (Lipinski definition) is 6. The van der Waals surface area contributed by atoms with Gasteiger partial charge in [0.1, 0.15) is 33.9 Å². The minimum absolute atomic E-state index is 0. The first-order valence-electron chi connectivity index (χ1n) is 8.19. The van der Waals surface area contributed by atoms with E-state index < -0.39 is 17.9 Å². The molecule has 0 fully saturated rings. The van der Waals surface area contributed by atoms with E-state index in [0.29, 0.717) is 0 Å². The summed E-state index contributed by atoms with van der Waals surface area (Å²) in [7, 11) is 0. The molecule has 0 atom stereocenters. The zero-order chi connectivity index (χ0) is 22.7. The number of benzene rings is 3. The Labute approximate surface area is 191 Å². The molecule has 3 aromatic carbocycles. The van der Waals surface area contributed by atoms with Crippen molar-refractivity contribution in [1.29, 1.82) is 0 Å². The summed E-state index contributed by atoms with van der Waals surface area (Å²) < 4.78 is 0. The van der Waals surface area contributed by atoms with Crippen molar-refractivity contribution in [1.82, 2.24) is 0 Å². The Morgan fingerprint density at radius 2 is 0.645 bits per heavy atom. The fourth-order valence-corrected chi connectivity index (χ4v) is 1.96. The number of aromatic carboxylic acids is 3. The summed E-state index contributed by atoms with van der Waals surface area (Å²) in [5.41, 5.74) is -0.201. The second kappa shape index (κ2) is 13.4. The zero-order valence-corrected chi connectivity index (χ0v) is 17.4. The predicted octanol–water partition coefficient (Wildman–Crippen LogP) is 3.27. The van der Waals surface area contributed by atoms with Gasteiger partial charge in [0, 0.05) is 21.7 Å². The van der Waals surface area contributed by atoms with Crippen molar-refractivity contribution in [2.45, 2.75) is 0 Å². The van der Waals surface area contributed by atoms with Crippen molar-refractivity contribution >= 4 is 17.9 Å². The van der Waals surface area contributed by atoms with Crippen LogP contribution in [0.4, 0.5) is 0 Å². The minimum Gasteiger partial charge on any atom is -0.507 e. The van der Waals surface area contributed by atoms with Crippen LogP contribution in [-0.2, 0) is 21.7 Å². The standard InChI is InChI=1S/3C7H6O3.Ti/c3*8-6-4-2-1-3-5(6)7(9)10;/h3*1-4,8H,(H,9,10);. The number of aromatic hydroxyl groups is 3. The molecular formula is C21H18O9Ti. The van der Waals surface area contributed by atoms with E-state index in [9.17, 15) is 14.4 Å². The molecule has 0 aromatic heterocycles. The second-order valence-electron chi connectivity index (χ2n) is 5.47. The monoisotopic (exact) mass is 462 g/mol. The van der Waals surface area contributed by atoms with Gasteiger partial charge in [-0.1, -0.05) is 36.4 Å². The quantitative estimate of drug-likeness (QED) is 0.320. The Kier molecular flexibility index (Phi) is 11.8. The van der Waals surface area contributed by atoms with E-state index in [2.05, 4.69) is 0 Å². The molecule has 0 aliphatic heterocycles. The summed E-state index contributed by atoms with van der Waals surface area (Å²) in [4.78, 5) is 30.8. The molecule has 3 aromatic rings. The van der Waals surface area contributed by atoms with Crippen molar-refractivity contribution in [3.8, 4) is 17.2 Å². The van der Waals surface area contributed by atoms with E-state index in [-0.39, 0.29) is 55.7 Å². The molecule has 10 heteroatoms. The second-order valence-corrected chi connectivity index (χ2v) is 5.47. The van der Waals surface area contributed by atoms with Gasteiger partial charge in [-0.3, -0.25) is 0 Å². The van der Waals surface area contributed by atoms with Gasteiger partial charge < -0.3 is 30.6 Å². The fraction of sp³-hybridized carbons (Fsp3) is 0. The number of para-hydroxylation sites is 3. The first-order chi connectivity index (χ1) is 14.1. The van der Waals surface area contributed by atoms with E-state index in [1.165, 1.54) is 36.4 Å². The van der Waals surface area contributed by atoms with Crippen LogP contribution in [0.1, 0.15) is 31.1 Å². The van der Waals surface area contributed by atoms with Crippen molar-refractivity contribution in [3.05, 3.63) is 89.5 Å². The third kappa shape index (κ3) is 9.03. The van der Waals surface area contributed by atoms with Gasteiger partial charge in [0.2, 0.25) is 0 Å². The van der Waals surface area contributed by atoms with Crippen LogP contribution in [0.25, 0.3) is 0 Å². The van der Waals surface area contributed by atoms with Crippen LogP contribution in [-0.4, -0.2) is 48.5 Å². The van der Waals surface area contributed by atoms with Crippen molar-refractivity contribution in [3.63, 3.8) is 0 Å². The molecule has 0 heterocycles. The Balaban J connectivity index is 0.000000429. The number of carboxylic acid groups (broad SMARTS) is 3. The normalized spacial score (nSPS) is 8.90. The van der Waals surface area contributed by atoms with Crippen LogP contribution in [0.3, 0.4) is 0 Å². The predicted molar refractivity (Wildman–Crippen MR) is 105 cm³/mol. The average molecular weight is 462 g/mol. The Morgan fingerprint density at radius 1 is 0.452 bits per heavy atom. The Bertz CT molecular complexity index is 903. The van der Waals surface area contributed by atoms with Crippen LogP contribution in [0.5, 0.6) is 17.2 Å². The molecule has 160 valence electrons. The van der Waals surface area contributed by atoms with E-state index in [1.54, 1.807) is 36.4 Å². The molecule has 3 rings (SSSR count). The third-order valence-corrected chi connectivity index (χ3v) is 3.40. The van der Waals surface area contributed by atoms with Crippen molar-refractivity contribution in [2.75, 3.05) is 0 Å². The molecule has 0 aliphatic carbocycles. The maximum absolute atomic E-state index is 10.3. The molecule has 6 N–H and O–H groups in total. The Morgan fingerprint density at radius 3 is 0.774 bits per heavy atom. The van der Waals surface area contributed by atoms with Gasteiger partial charge in [-0.05, 0) is 36.4 Å². The van der Waals surface area contributed by atoms with Crippen molar-refractivity contribution in [2.24, 2.45) is 0 Å². The van der Waals surface area contributed by atoms with Gasteiger partial charge in [0.05, 0.1) is 0 Å². The molecule has 0 aliphatic rings. The maximum Gasteiger partial charge on any atom is 0.339 e. The molecule has 0 saturated carbocycles. The molecule has 9 nitrogen and oxygen atoms in total. The number of phenols is 3. The number of carbonyl (C=O) groups is 3. The maximum atomic E-state index is 10.3. The smallest absolute Gasteiger partial charge is 0.339 e. The van der Waals surface area contributed by atoms with Crippen LogP contribution in [0.15, 0.2) is 72.8 Å². The van der Waals surface area contributed by atoms with Crippen LogP contribution < -0.4 is 0 Å². The molecule has 0 amide bonds. The molecule has 31 heavy (non-hydrogen) atoms. The molecule has 0 bridgehead atoms. The van der Waals surface area contributed by atoms with Gasteiger partial charge in [-0.25, -0.2) is 14.4 Å². The van der Waals surface area contributed by atoms with Gasteiger partial charge in [0.25, 0.3) is 0 Å². The molecule has 0 unspecified atom stereocenters. The summed E-state index contributed by atoms with van der Waals surface area (Å²) in [6.07, 6.45) is 0. The van der Waals surface area contributed by atoms with E-state index in [0.717, 1.165) is 0 Å². The zero-order valence-electron chi connectivity index (χ0n) is 15.8. The minimum atomic E-state index is -1.11.